The maximum Gasteiger partial charge on any atom is 0.186 e. The maximum atomic E-state index is 4.79. The van der Waals surface area contributed by atoms with Crippen molar-refractivity contribution in [3.05, 3.63) is 29.0 Å². The second-order valence-corrected chi connectivity index (χ2v) is 6.87. The van der Waals surface area contributed by atoms with E-state index in [0.29, 0.717) is 6.04 Å². The van der Waals surface area contributed by atoms with E-state index in [1.165, 1.54) is 0 Å². The summed E-state index contributed by atoms with van der Waals surface area (Å²) in [5.74, 6) is 1.74. The molecule has 0 atom stereocenters. The normalized spacial score (nSPS) is 11.7. The van der Waals surface area contributed by atoms with Gasteiger partial charge in [-0.2, -0.15) is 15.9 Å². The fourth-order valence-corrected chi connectivity index (χ4v) is 3.08. The molecule has 0 saturated heterocycles. The second-order valence-electron chi connectivity index (χ2n) is 6.09. The highest BCUT2D eigenvalue weighted by atomic mass is 32.1. The highest BCUT2D eigenvalue weighted by Crippen LogP contribution is 2.22. The minimum absolute atomic E-state index is 0.376. The van der Waals surface area contributed by atoms with Gasteiger partial charge in [0.15, 0.2) is 11.5 Å². The predicted octanol–water partition coefficient (Wildman–Crippen LogP) is 2.63. The third-order valence-corrected chi connectivity index (χ3v) is 4.42. The van der Waals surface area contributed by atoms with E-state index in [1.54, 1.807) is 11.3 Å². The first-order valence-corrected chi connectivity index (χ1v) is 8.67. The van der Waals surface area contributed by atoms with Crippen molar-refractivity contribution in [3.8, 4) is 11.4 Å². The van der Waals surface area contributed by atoms with E-state index in [2.05, 4.69) is 53.3 Å². The minimum atomic E-state index is 0.376. The van der Waals surface area contributed by atoms with E-state index < -0.39 is 0 Å². The van der Waals surface area contributed by atoms with Crippen molar-refractivity contribution >= 4 is 22.8 Å². The van der Waals surface area contributed by atoms with Crippen LogP contribution in [0.5, 0.6) is 0 Å². The van der Waals surface area contributed by atoms with Gasteiger partial charge >= 0.3 is 0 Å². The van der Waals surface area contributed by atoms with Crippen LogP contribution in [0.2, 0.25) is 0 Å². The van der Waals surface area contributed by atoms with E-state index >= 15 is 0 Å². The molecule has 7 heteroatoms. The van der Waals surface area contributed by atoms with Crippen LogP contribution in [-0.4, -0.2) is 57.9 Å². The van der Waals surface area contributed by atoms with Gasteiger partial charge in [-0.25, -0.2) is 0 Å². The number of fused-ring (bicyclic) bond motifs is 1. The third-order valence-electron chi connectivity index (χ3n) is 3.73. The lowest BCUT2D eigenvalue weighted by atomic mass is 10.3. The van der Waals surface area contributed by atoms with E-state index in [1.807, 2.05) is 28.1 Å². The molecule has 0 saturated carbocycles. The van der Waals surface area contributed by atoms with Crippen LogP contribution in [0.25, 0.3) is 17.0 Å². The highest BCUT2D eigenvalue weighted by molar-refractivity contribution is 7.08. The van der Waals surface area contributed by atoms with Gasteiger partial charge in [-0.3, -0.25) is 0 Å². The molecule has 3 heterocycles. The average Bonchev–Trinajstić information content (AvgIpc) is 3.15. The Hall–Kier alpha value is -1.99. The number of likely N-dealkylation sites (N-methyl/N-ethyl adjacent to an activating group) is 1. The molecule has 0 aliphatic rings. The molecule has 23 heavy (non-hydrogen) atoms. The molecule has 122 valence electrons. The lowest BCUT2D eigenvalue weighted by Crippen LogP contribution is -2.37. The summed E-state index contributed by atoms with van der Waals surface area (Å²) in [7, 11) is 4.17. The van der Waals surface area contributed by atoms with E-state index in [0.717, 1.165) is 35.9 Å². The molecule has 0 amide bonds. The fourth-order valence-electron chi connectivity index (χ4n) is 2.45. The summed E-state index contributed by atoms with van der Waals surface area (Å²) in [6.07, 6.45) is 0. The van der Waals surface area contributed by atoms with Crippen molar-refractivity contribution in [1.82, 2.24) is 24.7 Å². The standard InChI is InChI=1S/C16H22N6S/c1-12(2)21(9-8-20(3)4)15-6-5-14-17-18-16(22(14)19-15)13-7-10-23-11-13/h5-7,10-12H,8-9H2,1-4H3. The van der Waals surface area contributed by atoms with E-state index in [-0.39, 0.29) is 0 Å². The Morgan fingerprint density at radius 2 is 1.96 bits per heavy atom. The highest BCUT2D eigenvalue weighted by Gasteiger charge is 2.15. The summed E-state index contributed by atoms with van der Waals surface area (Å²) in [5.41, 5.74) is 1.82. The van der Waals surface area contributed by atoms with Gasteiger partial charge in [0.25, 0.3) is 0 Å². The number of anilines is 1. The number of rotatable bonds is 6. The summed E-state index contributed by atoms with van der Waals surface area (Å²) in [6, 6.07) is 6.43. The quantitative estimate of drug-likeness (QED) is 0.695. The maximum absolute atomic E-state index is 4.79. The Balaban J connectivity index is 1.99. The summed E-state index contributed by atoms with van der Waals surface area (Å²) >= 11 is 1.65. The third kappa shape index (κ3) is 3.35. The molecule has 0 spiro atoms. The Kier molecular flexibility index (Phi) is 4.58. The van der Waals surface area contributed by atoms with Crippen LogP contribution >= 0.6 is 11.3 Å². The van der Waals surface area contributed by atoms with Crippen molar-refractivity contribution in [2.45, 2.75) is 19.9 Å². The van der Waals surface area contributed by atoms with Crippen molar-refractivity contribution in [3.63, 3.8) is 0 Å². The Morgan fingerprint density at radius 3 is 2.61 bits per heavy atom. The molecular formula is C16H22N6S. The number of nitrogens with zero attached hydrogens (tertiary/aromatic N) is 6. The van der Waals surface area contributed by atoms with E-state index in [9.17, 15) is 0 Å². The Labute approximate surface area is 140 Å². The van der Waals surface area contributed by atoms with E-state index in [4.69, 9.17) is 5.10 Å². The number of aromatic nitrogens is 4. The average molecular weight is 330 g/mol. The first-order chi connectivity index (χ1) is 11.1. The van der Waals surface area contributed by atoms with Crippen LogP contribution in [0.3, 0.4) is 0 Å². The summed E-state index contributed by atoms with van der Waals surface area (Å²) in [6.45, 7) is 6.29. The molecule has 0 aliphatic carbocycles. The first kappa shape index (κ1) is 15.9. The fraction of sp³-hybridized carbons (Fsp3) is 0.438. The SMILES string of the molecule is CC(C)N(CCN(C)C)c1ccc2nnc(-c3ccsc3)n2n1. The van der Waals surface area contributed by atoms with Gasteiger partial charge in [0, 0.05) is 30.1 Å². The van der Waals surface area contributed by atoms with Crippen LogP contribution in [0.4, 0.5) is 5.82 Å². The molecular weight excluding hydrogens is 308 g/mol. The lowest BCUT2D eigenvalue weighted by Gasteiger charge is -2.29. The minimum Gasteiger partial charge on any atom is -0.351 e. The van der Waals surface area contributed by atoms with Gasteiger partial charge < -0.3 is 9.80 Å². The molecule has 0 fully saturated rings. The lowest BCUT2D eigenvalue weighted by molar-refractivity contribution is 0.407. The van der Waals surface area contributed by atoms with Gasteiger partial charge in [-0.05, 0) is 51.5 Å². The van der Waals surface area contributed by atoms with Crippen LogP contribution in [0, 0.1) is 0 Å². The van der Waals surface area contributed by atoms with Crippen LogP contribution < -0.4 is 4.90 Å². The Morgan fingerprint density at radius 1 is 1.13 bits per heavy atom. The monoisotopic (exact) mass is 330 g/mol. The van der Waals surface area contributed by atoms with Gasteiger partial charge in [0.2, 0.25) is 0 Å². The molecule has 0 aromatic carbocycles. The largest absolute Gasteiger partial charge is 0.351 e. The number of thiophene rings is 1. The molecule has 0 N–H and O–H groups in total. The topological polar surface area (TPSA) is 49.6 Å². The van der Waals surface area contributed by atoms with Crippen molar-refractivity contribution < 1.29 is 0 Å². The van der Waals surface area contributed by atoms with Crippen molar-refractivity contribution in [1.29, 1.82) is 0 Å². The van der Waals surface area contributed by atoms with Gasteiger partial charge in [0.05, 0.1) is 0 Å². The van der Waals surface area contributed by atoms with Gasteiger partial charge in [-0.1, -0.05) is 0 Å². The summed E-state index contributed by atoms with van der Waals surface area (Å²) in [4.78, 5) is 4.49. The zero-order valence-electron chi connectivity index (χ0n) is 14.0. The summed E-state index contributed by atoms with van der Waals surface area (Å²) < 4.78 is 1.84. The number of hydrogen-bond acceptors (Lipinski definition) is 6. The Bertz CT molecular complexity index is 762. The molecule has 3 aromatic heterocycles. The van der Waals surface area contributed by atoms with Crippen LogP contribution in [0.15, 0.2) is 29.0 Å². The van der Waals surface area contributed by atoms with Crippen molar-refractivity contribution in [2.24, 2.45) is 0 Å². The molecule has 3 rings (SSSR count). The molecule has 0 bridgehead atoms. The zero-order chi connectivity index (χ0) is 16.4. The molecule has 6 nitrogen and oxygen atoms in total. The molecule has 0 radical (unpaired) electrons. The van der Waals surface area contributed by atoms with Crippen LogP contribution in [0.1, 0.15) is 13.8 Å². The molecule has 0 unspecified atom stereocenters. The molecule has 0 aliphatic heterocycles. The second kappa shape index (κ2) is 6.64. The number of hydrogen-bond donors (Lipinski definition) is 0. The first-order valence-electron chi connectivity index (χ1n) is 7.72. The van der Waals surface area contributed by atoms with Crippen LogP contribution in [-0.2, 0) is 0 Å². The van der Waals surface area contributed by atoms with Crippen molar-refractivity contribution in [2.75, 3.05) is 32.1 Å². The molecule has 3 aromatic rings. The smallest absolute Gasteiger partial charge is 0.186 e. The summed E-state index contributed by atoms with van der Waals surface area (Å²) in [5, 5.41) is 17.4. The predicted molar refractivity (Wildman–Crippen MR) is 95.1 cm³/mol. The van der Waals surface area contributed by atoms with Gasteiger partial charge in [0.1, 0.15) is 5.82 Å². The zero-order valence-corrected chi connectivity index (χ0v) is 14.8. The van der Waals surface area contributed by atoms with Gasteiger partial charge in [-0.15, -0.1) is 15.3 Å².